The topological polar surface area (TPSA) is 39.4 Å². The molecule has 4 heteroatoms. The molecule has 0 bridgehead atoms. The van der Waals surface area contributed by atoms with Crippen molar-refractivity contribution in [2.75, 3.05) is 0 Å². The first-order valence-electron chi connectivity index (χ1n) is 8.25. The predicted octanol–water partition coefficient (Wildman–Crippen LogP) is 5.24. The number of ether oxygens (including phenoxy) is 1. The third-order valence-corrected chi connectivity index (χ3v) is 5.11. The molecule has 0 radical (unpaired) electrons. The first-order chi connectivity index (χ1) is 12.2. The molecule has 3 aromatic heterocycles. The van der Waals surface area contributed by atoms with Crippen molar-refractivity contribution >= 4 is 32.9 Å². The van der Waals surface area contributed by atoms with Gasteiger partial charge in [0.05, 0.1) is 17.2 Å². The van der Waals surface area contributed by atoms with Crippen LogP contribution in [-0.4, -0.2) is 0 Å². The maximum atomic E-state index is 6.29. The number of benzene rings is 2. The normalized spacial score (nSPS) is 12.7. The van der Waals surface area contributed by atoms with E-state index in [1.54, 1.807) is 6.26 Å². The van der Waals surface area contributed by atoms with Crippen molar-refractivity contribution in [3.8, 4) is 22.8 Å². The van der Waals surface area contributed by atoms with Crippen molar-refractivity contribution in [1.82, 2.24) is 0 Å². The second kappa shape index (κ2) is 4.22. The van der Waals surface area contributed by atoms with Gasteiger partial charge >= 0.3 is 0 Å². The minimum atomic E-state index is 0.760. The van der Waals surface area contributed by atoms with Crippen LogP contribution in [0.15, 0.2) is 57.7 Å². The van der Waals surface area contributed by atoms with Crippen molar-refractivity contribution in [3.05, 3.63) is 54.4 Å². The van der Waals surface area contributed by atoms with Crippen LogP contribution in [0.25, 0.3) is 44.2 Å². The van der Waals surface area contributed by atoms with Gasteiger partial charge in [-0.3, -0.25) is 0 Å². The van der Waals surface area contributed by atoms with Crippen LogP contribution in [0.1, 0.15) is 5.56 Å². The summed E-state index contributed by atoms with van der Waals surface area (Å²) in [5.74, 6) is 1.72. The Morgan fingerprint density at radius 1 is 0.960 bits per heavy atom. The van der Waals surface area contributed by atoms with E-state index in [0.717, 1.165) is 55.7 Å². The van der Waals surface area contributed by atoms with Crippen LogP contribution in [0, 0.1) is 6.92 Å². The number of furan rings is 2. The monoisotopic (exact) mass is 328 g/mol. The molecule has 120 valence electrons. The largest absolute Gasteiger partial charge is 0.460 e. The lowest BCUT2D eigenvalue weighted by Crippen LogP contribution is -2.31. The Labute approximate surface area is 142 Å². The summed E-state index contributed by atoms with van der Waals surface area (Å²) < 4.78 is 20.2. The Morgan fingerprint density at radius 3 is 2.80 bits per heavy atom. The van der Waals surface area contributed by atoms with Gasteiger partial charge in [-0.15, -0.1) is 0 Å². The van der Waals surface area contributed by atoms with E-state index in [1.165, 1.54) is 5.56 Å². The maximum Gasteiger partial charge on any atom is 0.228 e. The van der Waals surface area contributed by atoms with Gasteiger partial charge in [0.1, 0.15) is 29.5 Å². The third-order valence-electron chi connectivity index (χ3n) is 5.11. The van der Waals surface area contributed by atoms with Gasteiger partial charge in [-0.05, 0) is 24.6 Å². The average molecular weight is 328 g/mol. The molecule has 1 aliphatic rings. The zero-order valence-corrected chi connectivity index (χ0v) is 13.8. The lowest BCUT2D eigenvalue weighted by atomic mass is 9.95. The van der Waals surface area contributed by atoms with Crippen molar-refractivity contribution in [1.29, 1.82) is 0 Å². The summed E-state index contributed by atoms with van der Waals surface area (Å²) in [7, 11) is 2.07. The van der Waals surface area contributed by atoms with E-state index in [1.807, 2.05) is 24.3 Å². The SMILES string of the molecule is Cc1cccc2c1-c1c3c(cc4c5occc5oc4c3cc[n+]1C)O2. The molecule has 0 saturated heterocycles. The highest BCUT2D eigenvalue weighted by atomic mass is 16.5. The summed E-state index contributed by atoms with van der Waals surface area (Å²) in [5, 5.41) is 3.06. The zero-order valence-electron chi connectivity index (χ0n) is 13.8. The van der Waals surface area contributed by atoms with Crippen LogP contribution in [0.2, 0.25) is 0 Å². The molecule has 0 aliphatic carbocycles. The molecule has 0 spiro atoms. The molecule has 0 N–H and O–H groups in total. The highest BCUT2D eigenvalue weighted by molar-refractivity contribution is 6.18. The molecule has 0 amide bonds. The van der Waals surface area contributed by atoms with E-state index in [-0.39, 0.29) is 0 Å². The number of pyridine rings is 1. The molecule has 0 atom stereocenters. The Kier molecular flexibility index (Phi) is 2.21. The number of hydrogen-bond acceptors (Lipinski definition) is 3. The number of fused-ring (bicyclic) bond motifs is 6. The Bertz CT molecular complexity index is 1340. The van der Waals surface area contributed by atoms with Gasteiger partial charge in [0.2, 0.25) is 5.69 Å². The quantitative estimate of drug-likeness (QED) is 0.358. The van der Waals surface area contributed by atoms with E-state index in [0.29, 0.717) is 0 Å². The maximum absolute atomic E-state index is 6.29. The summed E-state index contributed by atoms with van der Waals surface area (Å²) in [6.07, 6.45) is 3.73. The van der Waals surface area contributed by atoms with Gasteiger partial charge in [-0.2, -0.15) is 0 Å². The van der Waals surface area contributed by atoms with Crippen LogP contribution in [0.4, 0.5) is 0 Å². The number of aryl methyl sites for hydroxylation is 2. The highest BCUT2D eigenvalue weighted by Crippen LogP contribution is 2.49. The van der Waals surface area contributed by atoms with Gasteiger partial charge in [-0.1, -0.05) is 12.1 Å². The molecule has 2 aromatic carbocycles. The fourth-order valence-electron chi connectivity index (χ4n) is 3.99. The van der Waals surface area contributed by atoms with Crippen LogP contribution < -0.4 is 9.30 Å². The van der Waals surface area contributed by atoms with Gasteiger partial charge < -0.3 is 13.6 Å². The van der Waals surface area contributed by atoms with Crippen LogP contribution >= 0.6 is 0 Å². The first kappa shape index (κ1) is 13.1. The minimum absolute atomic E-state index is 0.760. The van der Waals surface area contributed by atoms with Crippen molar-refractivity contribution in [3.63, 3.8) is 0 Å². The lowest BCUT2D eigenvalue weighted by molar-refractivity contribution is -0.659. The van der Waals surface area contributed by atoms with Crippen molar-refractivity contribution in [2.24, 2.45) is 7.05 Å². The fraction of sp³-hybridized carbons (Fsp3) is 0.0952. The molecule has 0 fully saturated rings. The van der Waals surface area contributed by atoms with E-state index in [9.17, 15) is 0 Å². The average Bonchev–Trinajstić information content (AvgIpc) is 3.18. The van der Waals surface area contributed by atoms with Crippen molar-refractivity contribution in [2.45, 2.75) is 6.92 Å². The molecular weight excluding hydrogens is 314 g/mol. The van der Waals surface area contributed by atoms with E-state index in [4.69, 9.17) is 13.6 Å². The van der Waals surface area contributed by atoms with E-state index >= 15 is 0 Å². The predicted molar refractivity (Wildman–Crippen MR) is 94.9 cm³/mol. The summed E-state index contributed by atoms with van der Waals surface area (Å²) >= 11 is 0. The van der Waals surface area contributed by atoms with Crippen LogP contribution in [0.3, 0.4) is 0 Å². The lowest BCUT2D eigenvalue weighted by Gasteiger charge is -2.20. The number of nitrogens with zero attached hydrogens (tertiary/aromatic N) is 1. The number of aromatic nitrogens is 1. The Balaban J connectivity index is 1.89. The molecule has 1 aliphatic heterocycles. The molecular formula is C21H14NO3+. The molecule has 4 heterocycles. The number of rotatable bonds is 0. The minimum Gasteiger partial charge on any atom is -0.460 e. The third kappa shape index (κ3) is 1.50. The van der Waals surface area contributed by atoms with Crippen molar-refractivity contribution < 1.29 is 18.1 Å². The second-order valence-electron chi connectivity index (χ2n) is 6.58. The fourth-order valence-corrected chi connectivity index (χ4v) is 3.99. The molecule has 6 rings (SSSR count). The summed E-state index contributed by atoms with van der Waals surface area (Å²) in [6.45, 7) is 2.12. The number of hydrogen-bond donors (Lipinski definition) is 0. The van der Waals surface area contributed by atoms with Gasteiger partial charge in [0, 0.05) is 17.5 Å². The summed E-state index contributed by atoms with van der Waals surface area (Å²) in [5.41, 5.74) is 5.85. The smallest absolute Gasteiger partial charge is 0.228 e. The summed E-state index contributed by atoms with van der Waals surface area (Å²) in [6, 6.07) is 12.1. The van der Waals surface area contributed by atoms with Gasteiger partial charge in [-0.25, -0.2) is 4.57 Å². The zero-order chi connectivity index (χ0) is 16.7. The van der Waals surface area contributed by atoms with E-state index in [2.05, 4.69) is 36.9 Å². The molecule has 5 aromatic rings. The van der Waals surface area contributed by atoms with Gasteiger partial charge in [0.25, 0.3) is 0 Å². The molecule has 4 nitrogen and oxygen atoms in total. The second-order valence-corrected chi connectivity index (χ2v) is 6.58. The Hall–Kier alpha value is -3.27. The molecule has 0 saturated carbocycles. The van der Waals surface area contributed by atoms with E-state index < -0.39 is 0 Å². The Morgan fingerprint density at radius 2 is 1.88 bits per heavy atom. The molecule has 25 heavy (non-hydrogen) atoms. The first-order valence-corrected chi connectivity index (χ1v) is 8.25. The molecule has 0 unspecified atom stereocenters. The highest BCUT2D eigenvalue weighted by Gasteiger charge is 2.31. The van der Waals surface area contributed by atoms with Crippen LogP contribution in [0.5, 0.6) is 11.5 Å². The van der Waals surface area contributed by atoms with Crippen LogP contribution in [-0.2, 0) is 7.05 Å². The standard InChI is InChI=1S/C21H14NO3/c1-11-4-3-5-14-17(11)19-18-12(6-8-22(19)2)20-13(10-16(18)24-14)21-15(25-20)7-9-23-21/h3-10H,1-2H3/q+1. The van der Waals surface area contributed by atoms with Gasteiger partial charge in [0.15, 0.2) is 17.4 Å². The summed E-state index contributed by atoms with van der Waals surface area (Å²) in [4.78, 5) is 0.